The van der Waals surface area contributed by atoms with Gasteiger partial charge in [0.2, 0.25) is 5.75 Å². The highest BCUT2D eigenvalue weighted by Gasteiger charge is 2.25. The van der Waals surface area contributed by atoms with Gasteiger partial charge in [-0.3, -0.25) is 9.69 Å². The van der Waals surface area contributed by atoms with Gasteiger partial charge in [0.25, 0.3) is 5.91 Å². The highest BCUT2D eigenvalue weighted by molar-refractivity contribution is 7.10. The fourth-order valence-corrected chi connectivity index (χ4v) is 4.14. The Bertz CT molecular complexity index is 750. The van der Waals surface area contributed by atoms with E-state index in [1.165, 1.54) is 26.2 Å². The summed E-state index contributed by atoms with van der Waals surface area (Å²) in [7, 11) is 4.60. The van der Waals surface area contributed by atoms with E-state index in [-0.39, 0.29) is 11.9 Å². The number of morpholine rings is 1. The molecule has 0 unspecified atom stereocenters. The molecule has 0 aliphatic carbocycles. The van der Waals surface area contributed by atoms with Crippen molar-refractivity contribution in [3.8, 4) is 17.2 Å². The van der Waals surface area contributed by atoms with Gasteiger partial charge in [0.1, 0.15) is 0 Å². The molecular formula is C20H26N2O5S. The molecule has 28 heavy (non-hydrogen) atoms. The molecule has 0 saturated carbocycles. The molecule has 2 heterocycles. The Labute approximate surface area is 169 Å². The number of nitrogens with one attached hydrogen (secondary N) is 1. The van der Waals surface area contributed by atoms with Gasteiger partial charge in [0.15, 0.2) is 11.5 Å². The summed E-state index contributed by atoms with van der Waals surface area (Å²) in [6.07, 6.45) is 0. The van der Waals surface area contributed by atoms with E-state index in [4.69, 9.17) is 18.9 Å². The average molecular weight is 407 g/mol. The molecule has 3 rings (SSSR count). The van der Waals surface area contributed by atoms with E-state index in [0.717, 1.165) is 13.1 Å². The molecule has 0 radical (unpaired) electrons. The number of carbonyl (C=O) groups is 1. The first-order valence-corrected chi connectivity index (χ1v) is 9.99. The molecule has 1 fully saturated rings. The Morgan fingerprint density at radius 3 is 2.39 bits per heavy atom. The maximum absolute atomic E-state index is 12.8. The van der Waals surface area contributed by atoms with E-state index >= 15 is 0 Å². The van der Waals surface area contributed by atoms with Crippen LogP contribution in [-0.4, -0.2) is 65.0 Å². The molecule has 8 heteroatoms. The predicted molar refractivity (Wildman–Crippen MR) is 108 cm³/mol. The number of amides is 1. The lowest BCUT2D eigenvalue weighted by atomic mass is 10.1. The van der Waals surface area contributed by atoms with Crippen molar-refractivity contribution in [2.75, 3.05) is 54.2 Å². The SMILES string of the molecule is COc1cc(C(=O)NC[C@@H](c2cccs2)N2CCOCC2)cc(OC)c1OC. The topological polar surface area (TPSA) is 69.3 Å². The van der Waals surface area contributed by atoms with Crippen molar-refractivity contribution in [3.05, 3.63) is 40.1 Å². The van der Waals surface area contributed by atoms with Crippen molar-refractivity contribution < 1.29 is 23.7 Å². The fourth-order valence-electron chi connectivity index (χ4n) is 3.28. The maximum atomic E-state index is 12.8. The van der Waals surface area contributed by atoms with E-state index in [9.17, 15) is 4.79 Å². The minimum Gasteiger partial charge on any atom is -0.493 e. The zero-order valence-corrected chi connectivity index (χ0v) is 17.2. The van der Waals surface area contributed by atoms with E-state index in [1.807, 2.05) is 6.07 Å². The lowest BCUT2D eigenvalue weighted by molar-refractivity contribution is 0.0169. The van der Waals surface area contributed by atoms with Crippen LogP contribution in [0.25, 0.3) is 0 Å². The molecule has 1 aromatic heterocycles. The predicted octanol–water partition coefficient (Wildman–Crippen LogP) is 2.58. The number of benzene rings is 1. The standard InChI is InChI=1S/C20H26N2O5S/c1-24-16-11-14(12-17(25-2)19(16)26-3)20(23)21-13-15(18-5-4-10-28-18)22-6-8-27-9-7-22/h4-5,10-12,15H,6-9,13H2,1-3H3,(H,21,23)/t15-/m0/s1. The summed E-state index contributed by atoms with van der Waals surface area (Å²) >= 11 is 1.70. The summed E-state index contributed by atoms with van der Waals surface area (Å²) in [5.41, 5.74) is 0.460. The van der Waals surface area contributed by atoms with Crippen LogP contribution in [0.15, 0.2) is 29.6 Å². The van der Waals surface area contributed by atoms with Crippen LogP contribution in [-0.2, 0) is 4.74 Å². The van der Waals surface area contributed by atoms with E-state index in [2.05, 4.69) is 21.7 Å². The van der Waals surface area contributed by atoms with Crippen LogP contribution in [0.5, 0.6) is 17.2 Å². The van der Waals surface area contributed by atoms with Gasteiger partial charge in [-0.1, -0.05) is 6.07 Å². The number of nitrogens with zero attached hydrogens (tertiary/aromatic N) is 1. The van der Waals surface area contributed by atoms with Crippen molar-refractivity contribution in [1.82, 2.24) is 10.2 Å². The molecular weight excluding hydrogens is 380 g/mol. The van der Waals surface area contributed by atoms with Crippen molar-refractivity contribution in [2.24, 2.45) is 0 Å². The largest absolute Gasteiger partial charge is 0.493 e. The Morgan fingerprint density at radius 1 is 1.18 bits per heavy atom. The molecule has 0 bridgehead atoms. The molecule has 1 atom stereocenters. The van der Waals surface area contributed by atoms with Crippen LogP contribution in [0, 0.1) is 0 Å². The Balaban J connectivity index is 1.75. The summed E-state index contributed by atoms with van der Waals surface area (Å²) < 4.78 is 21.5. The second-order valence-corrected chi connectivity index (χ2v) is 7.28. The third kappa shape index (κ3) is 4.57. The lowest BCUT2D eigenvalue weighted by Crippen LogP contribution is -2.43. The van der Waals surface area contributed by atoms with Crippen LogP contribution < -0.4 is 19.5 Å². The van der Waals surface area contributed by atoms with Gasteiger partial charge in [-0.25, -0.2) is 0 Å². The fraction of sp³-hybridized carbons (Fsp3) is 0.450. The second-order valence-electron chi connectivity index (χ2n) is 6.30. The normalized spacial score (nSPS) is 15.7. The summed E-state index contributed by atoms with van der Waals surface area (Å²) in [6.45, 7) is 3.63. The summed E-state index contributed by atoms with van der Waals surface area (Å²) in [6, 6.07) is 7.58. The monoisotopic (exact) mass is 406 g/mol. The van der Waals surface area contributed by atoms with Crippen molar-refractivity contribution in [1.29, 1.82) is 0 Å². The van der Waals surface area contributed by atoms with Gasteiger partial charge in [0, 0.05) is 30.1 Å². The number of ether oxygens (including phenoxy) is 4. The van der Waals surface area contributed by atoms with Gasteiger partial charge < -0.3 is 24.3 Å². The molecule has 7 nitrogen and oxygen atoms in total. The Kier molecular flexibility index (Phi) is 7.13. The number of rotatable bonds is 8. The smallest absolute Gasteiger partial charge is 0.251 e. The first-order valence-electron chi connectivity index (χ1n) is 9.11. The van der Waals surface area contributed by atoms with Crippen molar-refractivity contribution in [3.63, 3.8) is 0 Å². The van der Waals surface area contributed by atoms with E-state index in [0.29, 0.717) is 42.6 Å². The molecule has 152 valence electrons. The molecule has 1 saturated heterocycles. The minimum absolute atomic E-state index is 0.120. The highest BCUT2D eigenvalue weighted by atomic mass is 32.1. The zero-order chi connectivity index (χ0) is 19.9. The van der Waals surface area contributed by atoms with Crippen molar-refractivity contribution in [2.45, 2.75) is 6.04 Å². The van der Waals surface area contributed by atoms with E-state index < -0.39 is 0 Å². The number of carbonyl (C=O) groups excluding carboxylic acids is 1. The summed E-state index contributed by atoms with van der Waals surface area (Å²) in [4.78, 5) is 16.4. The van der Waals surface area contributed by atoms with Crippen LogP contribution in [0.2, 0.25) is 0 Å². The van der Waals surface area contributed by atoms with Gasteiger partial charge >= 0.3 is 0 Å². The third-order valence-corrected chi connectivity index (χ3v) is 5.71. The van der Waals surface area contributed by atoms with Gasteiger partial charge in [0.05, 0.1) is 40.6 Å². The summed E-state index contributed by atoms with van der Waals surface area (Å²) in [5, 5.41) is 5.12. The first-order chi connectivity index (χ1) is 13.7. The first kappa shape index (κ1) is 20.4. The van der Waals surface area contributed by atoms with E-state index in [1.54, 1.807) is 23.5 Å². The molecule has 1 N–H and O–H groups in total. The quantitative estimate of drug-likeness (QED) is 0.727. The second kappa shape index (κ2) is 9.77. The molecule has 0 spiro atoms. The average Bonchev–Trinajstić information content (AvgIpc) is 3.27. The number of hydrogen-bond acceptors (Lipinski definition) is 7. The van der Waals surface area contributed by atoms with Crippen molar-refractivity contribution >= 4 is 17.2 Å². The number of hydrogen-bond donors (Lipinski definition) is 1. The van der Waals surface area contributed by atoms with Crippen LogP contribution in [0.4, 0.5) is 0 Å². The highest BCUT2D eigenvalue weighted by Crippen LogP contribution is 2.38. The minimum atomic E-state index is -0.186. The molecule has 1 amide bonds. The molecule has 2 aromatic rings. The summed E-state index contributed by atoms with van der Waals surface area (Å²) in [5.74, 6) is 1.19. The van der Waals surface area contributed by atoms with Gasteiger partial charge in [-0.15, -0.1) is 11.3 Å². The third-order valence-electron chi connectivity index (χ3n) is 4.74. The lowest BCUT2D eigenvalue weighted by Gasteiger charge is -2.34. The maximum Gasteiger partial charge on any atom is 0.251 e. The molecule has 1 aliphatic heterocycles. The number of methoxy groups -OCH3 is 3. The van der Waals surface area contributed by atoms with Gasteiger partial charge in [-0.2, -0.15) is 0 Å². The Hall–Kier alpha value is -2.29. The molecule has 1 aliphatic rings. The van der Waals surface area contributed by atoms with Crippen LogP contribution in [0.3, 0.4) is 0 Å². The van der Waals surface area contributed by atoms with Crippen LogP contribution >= 0.6 is 11.3 Å². The number of thiophene rings is 1. The zero-order valence-electron chi connectivity index (χ0n) is 16.4. The molecule has 1 aromatic carbocycles. The Morgan fingerprint density at radius 2 is 1.86 bits per heavy atom. The van der Waals surface area contributed by atoms with Crippen LogP contribution in [0.1, 0.15) is 21.3 Å². The van der Waals surface area contributed by atoms with Gasteiger partial charge in [-0.05, 0) is 23.6 Å².